The average Bonchev–Trinajstić information content (AvgIpc) is 3.35. The molecule has 1 aromatic heterocycles. The second-order valence-electron chi connectivity index (χ2n) is 8.03. The van der Waals surface area contributed by atoms with E-state index in [1.54, 1.807) is 4.90 Å². The number of rotatable bonds is 3. The highest BCUT2D eigenvalue weighted by molar-refractivity contribution is 5.80. The van der Waals surface area contributed by atoms with Crippen LogP contribution in [0.1, 0.15) is 54.2 Å². The molecule has 0 radical (unpaired) electrons. The van der Waals surface area contributed by atoms with Crippen molar-refractivity contribution in [3.8, 4) is 0 Å². The van der Waals surface area contributed by atoms with Gasteiger partial charge in [0, 0.05) is 19.5 Å². The summed E-state index contributed by atoms with van der Waals surface area (Å²) < 4.78 is 81.3. The third kappa shape index (κ3) is 4.14. The Morgan fingerprint density at radius 2 is 1.72 bits per heavy atom. The van der Waals surface area contributed by atoms with E-state index in [0.717, 1.165) is 17.5 Å². The van der Waals surface area contributed by atoms with Gasteiger partial charge in [-0.05, 0) is 49.4 Å². The normalized spacial score (nSPS) is 19.3. The average molecular weight is 462 g/mol. The maximum Gasteiger partial charge on any atom is 0.416 e. The molecule has 2 aliphatic heterocycles. The molecule has 0 bridgehead atoms. The molecule has 0 N–H and O–H groups in total. The second kappa shape index (κ2) is 7.96. The first-order chi connectivity index (χ1) is 15.0. The van der Waals surface area contributed by atoms with Crippen LogP contribution in [0.5, 0.6) is 0 Å². The van der Waals surface area contributed by atoms with Gasteiger partial charge in [0.1, 0.15) is 11.9 Å². The first kappa shape index (κ1) is 22.4. The smallest absolute Gasteiger partial charge is 0.341 e. The van der Waals surface area contributed by atoms with Crippen molar-refractivity contribution in [1.29, 1.82) is 0 Å². The molecule has 1 aromatic carbocycles. The highest BCUT2D eigenvalue weighted by Crippen LogP contribution is 2.37. The number of benzene rings is 1. The SMILES string of the molecule is O=C(C1CCCc2nn(Cc3cc(C(F)(F)F)ccc3C(F)(F)F)c(=O)n21)N1CCCC1. The fourth-order valence-electron chi connectivity index (χ4n) is 4.36. The first-order valence-electron chi connectivity index (χ1n) is 10.2. The lowest BCUT2D eigenvalue weighted by Gasteiger charge is -2.27. The highest BCUT2D eigenvalue weighted by Gasteiger charge is 2.38. The third-order valence-corrected chi connectivity index (χ3v) is 5.89. The van der Waals surface area contributed by atoms with Crippen molar-refractivity contribution in [2.75, 3.05) is 13.1 Å². The number of halogens is 6. The van der Waals surface area contributed by atoms with E-state index in [2.05, 4.69) is 5.10 Å². The number of carbonyl (C=O) groups is 1. The third-order valence-electron chi connectivity index (χ3n) is 5.89. The zero-order valence-corrected chi connectivity index (χ0v) is 16.8. The van der Waals surface area contributed by atoms with Crippen LogP contribution in [0, 0.1) is 0 Å². The van der Waals surface area contributed by atoms with E-state index < -0.39 is 47.3 Å². The van der Waals surface area contributed by atoms with Crippen LogP contribution in [0.15, 0.2) is 23.0 Å². The van der Waals surface area contributed by atoms with Gasteiger partial charge in [-0.2, -0.15) is 31.4 Å². The first-order valence-corrected chi connectivity index (χ1v) is 10.2. The summed E-state index contributed by atoms with van der Waals surface area (Å²) in [5, 5.41) is 4.07. The molecule has 1 atom stereocenters. The van der Waals surface area contributed by atoms with Gasteiger partial charge in [0.15, 0.2) is 0 Å². The van der Waals surface area contributed by atoms with Crippen molar-refractivity contribution >= 4 is 5.91 Å². The Balaban J connectivity index is 1.72. The molecule has 1 saturated heterocycles. The van der Waals surface area contributed by atoms with Gasteiger partial charge in [0.05, 0.1) is 17.7 Å². The molecule has 6 nitrogen and oxygen atoms in total. The maximum atomic E-state index is 13.4. The standard InChI is InChI=1S/C20H20F6N4O2/c21-19(22,23)13-6-7-14(20(24,25)26)12(10-13)11-29-18(32)30-15(4-3-5-16(30)27-29)17(31)28-8-1-2-9-28/h6-7,10,15H,1-5,8-9,11H2. The molecule has 1 amide bonds. The van der Waals surface area contributed by atoms with Crippen molar-refractivity contribution in [3.63, 3.8) is 0 Å². The van der Waals surface area contributed by atoms with Crippen molar-refractivity contribution in [3.05, 3.63) is 51.2 Å². The number of aryl methyl sites for hydroxylation is 1. The highest BCUT2D eigenvalue weighted by atomic mass is 19.4. The number of carbonyl (C=O) groups excluding carboxylic acids is 1. The minimum atomic E-state index is -4.91. The quantitative estimate of drug-likeness (QED) is 0.655. The van der Waals surface area contributed by atoms with E-state index in [4.69, 9.17) is 0 Å². The van der Waals surface area contributed by atoms with E-state index in [9.17, 15) is 35.9 Å². The van der Waals surface area contributed by atoms with Gasteiger partial charge in [0.2, 0.25) is 5.91 Å². The van der Waals surface area contributed by atoms with Crippen molar-refractivity contribution in [2.45, 2.75) is 57.0 Å². The van der Waals surface area contributed by atoms with Crippen molar-refractivity contribution < 1.29 is 31.1 Å². The summed E-state index contributed by atoms with van der Waals surface area (Å²) in [6.45, 7) is 0.363. The summed E-state index contributed by atoms with van der Waals surface area (Å²) in [5.41, 5.74) is -4.04. The molecule has 32 heavy (non-hydrogen) atoms. The lowest BCUT2D eigenvalue weighted by atomic mass is 10.0. The Morgan fingerprint density at radius 1 is 1.03 bits per heavy atom. The van der Waals surface area contributed by atoms with Gasteiger partial charge < -0.3 is 4.90 Å². The van der Waals surface area contributed by atoms with Gasteiger partial charge in [0.25, 0.3) is 0 Å². The van der Waals surface area contributed by atoms with Crippen LogP contribution < -0.4 is 5.69 Å². The Labute approximate surface area is 178 Å². The fourth-order valence-corrected chi connectivity index (χ4v) is 4.36. The van der Waals surface area contributed by atoms with E-state index in [-0.39, 0.29) is 11.7 Å². The van der Waals surface area contributed by atoms with Gasteiger partial charge in [-0.1, -0.05) is 0 Å². The summed E-state index contributed by atoms with van der Waals surface area (Å²) in [5.74, 6) is 0.0134. The molecule has 0 spiro atoms. The predicted molar refractivity (Wildman–Crippen MR) is 99.8 cm³/mol. The minimum Gasteiger partial charge on any atom is -0.341 e. The van der Waals surface area contributed by atoms with Crippen molar-refractivity contribution in [2.24, 2.45) is 0 Å². The largest absolute Gasteiger partial charge is 0.416 e. The summed E-state index contributed by atoms with van der Waals surface area (Å²) in [6, 6.07) is 0.305. The summed E-state index contributed by atoms with van der Waals surface area (Å²) in [6.07, 6.45) is -6.73. The zero-order chi connectivity index (χ0) is 23.3. The van der Waals surface area contributed by atoms with Crippen LogP contribution in [-0.2, 0) is 30.1 Å². The molecule has 2 aliphatic rings. The van der Waals surface area contributed by atoms with Crippen molar-refractivity contribution in [1.82, 2.24) is 19.2 Å². The van der Waals surface area contributed by atoms with E-state index in [0.29, 0.717) is 50.6 Å². The monoisotopic (exact) mass is 462 g/mol. The minimum absolute atomic E-state index is 0.236. The van der Waals surface area contributed by atoms with Crippen LogP contribution in [0.25, 0.3) is 0 Å². The molecule has 12 heteroatoms. The van der Waals surface area contributed by atoms with Gasteiger partial charge in [-0.15, -0.1) is 0 Å². The number of likely N-dealkylation sites (tertiary alicyclic amines) is 1. The van der Waals surface area contributed by atoms with Gasteiger partial charge >= 0.3 is 18.0 Å². The molecular formula is C20H20F6N4O2. The summed E-state index contributed by atoms with van der Waals surface area (Å²) in [7, 11) is 0. The van der Waals surface area contributed by atoms with Crippen LogP contribution >= 0.6 is 0 Å². The lowest BCUT2D eigenvalue weighted by Crippen LogP contribution is -2.41. The Bertz CT molecular complexity index is 1080. The molecule has 2 aromatic rings. The van der Waals surface area contributed by atoms with Gasteiger partial charge in [-0.25, -0.2) is 9.48 Å². The summed E-state index contributed by atoms with van der Waals surface area (Å²) >= 11 is 0. The number of fused-ring (bicyclic) bond motifs is 1. The number of hydrogen-bond donors (Lipinski definition) is 0. The molecular weight excluding hydrogens is 442 g/mol. The molecule has 1 fully saturated rings. The number of nitrogens with zero attached hydrogens (tertiary/aromatic N) is 4. The van der Waals surface area contributed by atoms with E-state index >= 15 is 0 Å². The molecule has 4 rings (SSSR count). The second-order valence-corrected chi connectivity index (χ2v) is 8.03. The molecule has 174 valence electrons. The lowest BCUT2D eigenvalue weighted by molar-refractivity contribution is -0.141. The maximum absolute atomic E-state index is 13.4. The van der Waals surface area contributed by atoms with E-state index in [1.165, 1.54) is 4.57 Å². The van der Waals surface area contributed by atoms with Gasteiger partial charge in [-0.3, -0.25) is 9.36 Å². The van der Waals surface area contributed by atoms with E-state index in [1.807, 2.05) is 0 Å². The number of aromatic nitrogens is 3. The van der Waals surface area contributed by atoms with Crippen LogP contribution in [-0.4, -0.2) is 38.2 Å². The Kier molecular flexibility index (Phi) is 5.58. The molecule has 3 heterocycles. The Morgan fingerprint density at radius 3 is 2.34 bits per heavy atom. The number of amides is 1. The fraction of sp³-hybridized carbons (Fsp3) is 0.550. The topological polar surface area (TPSA) is 60.1 Å². The summed E-state index contributed by atoms with van der Waals surface area (Å²) in [4.78, 5) is 27.5. The predicted octanol–water partition coefficient (Wildman–Crippen LogP) is 3.63. The van der Waals surface area contributed by atoms with Crippen LogP contribution in [0.4, 0.5) is 26.3 Å². The molecule has 1 unspecified atom stereocenters. The Hall–Kier alpha value is -2.79. The molecule has 0 aliphatic carbocycles. The number of alkyl halides is 6. The number of hydrogen-bond acceptors (Lipinski definition) is 3. The van der Waals surface area contributed by atoms with Crippen LogP contribution in [0.2, 0.25) is 0 Å². The zero-order valence-electron chi connectivity index (χ0n) is 16.8. The molecule has 0 saturated carbocycles. The van der Waals surface area contributed by atoms with Crippen LogP contribution in [0.3, 0.4) is 0 Å².